The first-order valence-corrected chi connectivity index (χ1v) is 7.18. The number of rotatable bonds is 7. The lowest BCUT2D eigenvalue weighted by atomic mass is 10.00. The van der Waals surface area contributed by atoms with Crippen LogP contribution in [-0.2, 0) is 13.5 Å². The summed E-state index contributed by atoms with van der Waals surface area (Å²) in [5.41, 5.74) is 2.13. The summed E-state index contributed by atoms with van der Waals surface area (Å²) in [5.74, 6) is -0.0412. The van der Waals surface area contributed by atoms with Crippen molar-refractivity contribution in [3.63, 3.8) is 0 Å². The van der Waals surface area contributed by atoms with Gasteiger partial charge in [-0.05, 0) is 42.6 Å². The summed E-state index contributed by atoms with van der Waals surface area (Å²) < 4.78 is 20.6. The van der Waals surface area contributed by atoms with Gasteiger partial charge in [0, 0.05) is 19.3 Å². The maximum atomic E-state index is 13.9. The standard InChI is InChI=1S/C16H22FN3O/c1-4-18-15(7-5-12-10-19-20(2)11-12)13-6-8-16(21-3)14(17)9-13/h6,8-11,15,18H,4-5,7H2,1-3H3. The van der Waals surface area contributed by atoms with E-state index in [4.69, 9.17) is 4.74 Å². The summed E-state index contributed by atoms with van der Waals surface area (Å²) >= 11 is 0. The van der Waals surface area contributed by atoms with E-state index in [2.05, 4.69) is 17.3 Å². The van der Waals surface area contributed by atoms with Crippen LogP contribution in [0.3, 0.4) is 0 Å². The fourth-order valence-electron chi connectivity index (χ4n) is 2.44. The Hall–Kier alpha value is -1.88. The van der Waals surface area contributed by atoms with Crippen LogP contribution in [0.4, 0.5) is 4.39 Å². The molecular formula is C16H22FN3O. The molecule has 0 saturated carbocycles. The largest absolute Gasteiger partial charge is 0.494 e. The number of nitrogens with zero attached hydrogens (tertiary/aromatic N) is 2. The van der Waals surface area contributed by atoms with Gasteiger partial charge >= 0.3 is 0 Å². The highest BCUT2D eigenvalue weighted by Gasteiger charge is 2.13. The highest BCUT2D eigenvalue weighted by atomic mass is 19.1. The van der Waals surface area contributed by atoms with E-state index >= 15 is 0 Å². The Labute approximate surface area is 124 Å². The van der Waals surface area contributed by atoms with Gasteiger partial charge in [-0.2, -0.15) is 5.10 Å². The van der Waals surface area contributed by atoms with Gasteiger partial charge in [0.2, 0.25) is 0 Å². The van der Waals surface area contributed by atoms with Gasteiger partial charge in [0.1, 0.15) is 0 Å². The minimum atomic E-state index is -0.320. The van der Waals surface area contributed by atoms with Crippen molar-refractivity contribution in [2.75, 3.05) is 13.7 Å². The summed E-state index contributed by atoms with van der Waals surface area (Å²) in [6.45, 7) is 2.89. The Morgan fingerprint density at radius 3 is 2.81 bits per heavy atom. The van der Waals surface area contributed by atoms with E-state index in [0.717, 1.165) is 24.9 Å². The summed E-state index contributed by atoms with van der Waals surface area (Å²) in [6, 6.07) is 5.27. The van der Waals surface area contributed by atoms with Crippen LogP contribution < -0.4 is 10.1 Å². The minimum absolute atomic E-state index is 0.121. The Balaban J connectivity index is 2.08. The van der Waals surface area contributed by atoms with Crippen molar-refractivity contribution in [2.24, 2.45) is 7.05 Å². The average molecular weight is 291 g/mol. The smallest absolute Gasteiger partial charge is 0.165 e. The molecule has 1 unspecified atom stereocenters. The Morgan fingerprint density at radius 2 is 2.24 bits per heavy atom. The van der Waals surface area contributed by atoms with Gasteiger partial charge in [0.25, 0.3) is 0 Å². The van der Waals surface area contributed by atoms with Crippen LogP contribution in [0.2, 0.25) is 0 Å². The second-order valence-electron chi connectivity index (χ2n) is 5.07. The molecule has 1 aromatic heterocycles. The number of benzene rings is 1. The second kappa shape index (κ2) is 7.22. The molecule has 1 N–H and O–H groups in total. The van der Waals surface area contributed by atoms with E-state index in [-0.39, 0.29) is 17.6 Å². The zero-order valence-corrected chi connectivity index (χ0v) is 12.8. The Kier molecular flexibility index (Phi) is 5.33. The molecule has 0 aliphatic rings. The molecule has 0 aliphatic heterocycles. The fraction of sp³-hybridized carbons (Fsp3) is 0.438. The highest BCUT2D eigenvalue weighted by molar-refractivity contribution is 5.31. The van der Waals surface area contributed by atoms with E-state index in [1.54, 1.807) is 16.8 Å². The van der Waals surface area contributed by atoms with Gasteiger partial charge < -0.3 is 10.1 Å². The highest BCUT2D eigenvalue weighted by Crippen LogP contribution is 2.24. The molecular weight excluding hydrogens is 269 g/mol. The molecule has 2 rings (SSSR count). The number of nitrogens with one attached hydrogen (secondary N) is 1. The van der Waals surface area contributed by atoms with E-state index in [1.165, 1.54) is 12.7 Å². The lowest BCUT2D eigenvalue weighted by molar-refractivity contribution is 0.385. The van der Waals surface area contributed by atoms with Crippen LogP contribution in [0.25, 0.3) is 0 Å². The van der Waals surface area contributed by atoms with E-state index < -0.39 is 0 Å². The summed E-state index contributed by atoms with van der Waals surface area (Å²) in [5, 5.41) is 7.58. The number of aromatic nitrogens is 2. The van der Waals surface area contributed by atoms with Crippen LogP contribution >= 0.6 is 0 Å². The lowest BCUT2D eigenvalue weighted by Gasteiger charge is -2.18. The maximum absolute atomic E-state index is 13.9. The van der Waals surface area contributed by atoms with Crippen LogP contribution in [0.1, 0.15) is 30.5 Å². The normalized spacial score (nSPS) is 12.4. The van der Waals surface area contributed by atoms with E-state index in [9.17, 15) is 4.39 Å². The molecule has 0 bridgehead atoms. The predicted molar refractivity (Wildman–Crippen MR) is 80.9 cm³/mol. The third kappa shape index (κ3) is 4.04. The summed E-state index contributed by atoms with van der Waals surface area (Å²) in [4.78, 5) is 0. The first kappa shape index (κ1) is 15.5. The zero-order chi connectivity index (χ0) is 15.2. The SMILES string of the molecule is CCNC(CCc1cnn(C)c1)c1ccc(OC)c(F)c1. The average Bonchev–Trinajstić information content (AvgIpc) is 2.89. The molecule has 1 heterocycles. The summed E-state index contributed by atoms with van der Waals surface area (Å²) in [7, 11) is 3.38. The lowest BCUT2D eigenvalue weighted by Crippen LogP contribution is -2.21. The molecule has 0 radical (unpaired) electrons. The van der Waals surface area contributed by atoms with Gasteiger partial charge in [0.15, 0.2) is 11.6 Å². The first-order chi connectivity index (χ1) is 10.1. The number of methoxy groups -OCH3 is 1. The minimum Gasteiger partial charge on any atom is -0.494 e. The molecule has 2 aromatic rings. The predicted octanol–water partition coefficient (Wildman–Crippen LogP) is 2.85. The van der Waals surface area contributed by atoms with Crippen LogP contribution in [0.5, 0.6) is 5.75 Å². The molecule has 0 amide bonds. The molecule has 0 aliphatic carbocycles. The Bertz CT molecular complexity index is 583. The van der Waals surface area contributed by atoms with Crippen molar-refractivity contribution in [1.82, 2.24) is 15.1 Å². The third-order valence-electron chi connectivity index (χ3n) is 3.51. The number of halogens is 1. The third-order valence-corrected chi connectivity index (χ3v) is 3.51. The molecule has 0 saturated heterocycles. The molecule has 1 atom stereocenters. The monoisotopic (exact) mass is 291 g/mol. The fourth-order valence-corrected chi connectivity index (χ4v) is 2.44. The van der Waals surface area contributed by atoms with E-state index in [0.29, 0.717) is 0 Å². The van der Waals surface area contributed by atoms with Gasteiger partial charge in [-0.3, -0.25) is 4.68 Å². The first-order valence-electron chi connectivity index (χ1n) is 7.18. The molecule has 0 fully saturated rings. The molecule has 4 nitrogen and oxygen atoms in total. The van der Waals surface area contributed by atoms with E-state index in [1.807, 2.05) is 25.5 Å². The van der Waals surface area contributed by atoms with Crippen LogP contribution in [0.15, 0.2) is 30.6 Å². The molecule has 114 valence electrons. The molecule has 1 aromatic carbocycles. The van der Waals surface area contributed by atoms with Crippen molar-refractivity contribution in [3.8, 4) is 5.75 Å². The number of hydrogen-bond donors (Lipinski definition) is 1. The van der Waals surface area contributed by atoms with Gasteiger partial charge in [-0.15, -0.1) is 0 Å². The van der Waals surface area contributed by atoms with Gasteiger partial charge in [0.05, 0.1) is 13.3 Å². The van der Waals surface area contributed by atoms with Crippen molar-refractivity contribution in [3.05, 3.63) is 47.5 Å². The number of aryl methyl sites for hydroxylation is 2. The number of hydrogen-bond acceptors (Lipinski definition) is 3. The topological polar surface area (TPSA) is 39.1 Å². The quantitative estimate of drug-likeness (QED) is 0.852. The molecule has 0 spiro atoms. The van der Waals surface area contributed by atoms with Crippen LogP contribution in [0, 0.1) is 5.82 Å². The van der Waals surface area contributed by atoms with Crippen molar-refractivity contribution in [1.29, 1.82) is 0 Å². The van der Waals surface area contributed by atoms with Gasteiger partial charge in [-0.1, -0.05) is 13.0 Å². The molecule has 5 heteroatoms. The van der Waals surface area contributed by atoms with Crippen molar-refractivity contribution in [2.45, 2.75) is 25.8 Å². The second-order valence-corrected chi connectivity index (χ2v) is 5.07. The van der Waals surface area contributed by atoms with Crippen molar-refractivity contribution < 1.29 is 9.13 Å². The van der Waals surface area contributed by atoms with Gasteiger partial charge in [-0.25, -0.2) is 4.39 Å². The maximum Gasteiger partial charge on any atom is 0.165 e. The Morgan fingerprint density at radius 1 is 1.43 bits per heavy atom. The van der Waals surface area contributed by atoms with Crippen LogP contribution in [-0.4, -0.2) is 23.4 Å². The molecule has 21 heavy (non-hydrogen) atoms. The number of ether oxygens (including phenoxy) is 1. The van der Waals surface area contributed by atoms with Crippen molar-refractivity contribution >= 4 is 0 Å². The summed E-state index contributed by atoms with van der Waals surface area (Å²) in [6.07, 6.45) is 5.68. The zero-order valence-electron chi connectivity index (χ0n) is 12.8.